The lowest BCUT2D eigenvalue weighted by atomic mass is 10.3. The number of ether oxygens (including phenoxy) is 1. The number of nitrogens with one attached hydrogen (secondary N) is 1. The third kappa shape index (κ3) is 4.03. The second-order valence-corrected chi connectivity index (χ2v) is 6.44. The summed E-state index contributed by atoms with van der Waals surface area (Å²) in [5, 5.41) is 13.5. The van der Waals surface area contributed by atoms with Crippen molar-refractivity contribution >= 4 is 17.3 Å². The Balaban J connectivity index is 1.81. The number of para-hydroxylation sites is 1. The molecule has 2 aromatic carbocycles. The zero-order valence-electron chi connectivity index (χ0n) is 16.2. The van der Waals surface area contributed by atoms with Crippen molar-refractivity contribution in [2.24, 2.45) is 7.05 Å². The highest BCUT2D eigenvalue weighted by Crippen LogP contribution is 2.21. The highest BCUT2D eigenvalue weighted by molar-refractivity contribution is 5.94. The van der Waals surface area contributed by atoms with E-state index in [-0.39, 0.29) is 22.7 Å². The lowest BCUT2D eigenvalue weighted by Crippen LogP contribution is -2.32. The number of hydrogen-bond acceptors (Lipinski definition) is 5. The summed E-state index contributed by atoms with van der Waals surface area (Å²) < 4.78 is 8.62. The second-order valence-electron chi connectivity index (χ2n) is 6.44. The first-order valence-electron chi connectivity index (χ1n) is 8.85. The van der Waals surface area contributed by atoms with Crippen LogP contribution >= 0.6 is 0 Å². The zero-order valence-corrected chi connectivity index (χ0v) is 16.2. The largest absolute Gasteiger partial charge is 0.481 e. The molecule has 0 spiro atoms. The average molecular weight is 396 g/mol. The Bertz CT molecular complexity index is 1120. The van der Waals surface area contributed by atoms with Crippen LogP contribution in [0.5, 0.6) is 5.75 Å². The molecule has 0 aliphatic carbocycles. The molecule has 0 bridgehead atoms. The number of amides is 1. The van der Waals surface area contributed by atoms with E-state index in [0.717, 1.165) is 0 Å². The fourth-order valence-corrected chi connectivity index (χ4v) is 2.87. The number of hydrogen-bond donors (Lipinski definition) is 1. The number of benzene rings is 2. The van der Waals surface area contributed by atoms with Crippen molar-refractivity contribution in [3.8, 4) is 11.4 Å². The molecule has 0 saturated carbocycles. The van der Waals surface area contributed by atoms with Gasteiger partial charge in [0.05, 0.1) is 22.4 Å². The molecular formula is C20H20N4O5. The number of carbonyl (C=O) groups is 1. The molecule has 3 rings (SSSR count). The number of rotatable bonds is 6. The van der Waals surface area contributed by atoms with Gasteiger partial charge >= 0.3 is 0 Å². The Morgan fingerprint density at radius 3 is 2.52 bits per heavy atom. The SMILES string of the molecule is Cc1c(NC(=O)C(C)Oc2cccc([N+](=O)[O-])c2)c(=O)n(-c2ccccc2)n1C. The molecule has 0 aliphatic rings. The maximum Gasteiger partial charge on any atom is 0.295 e. The quantitative estimate of drug-likeness (QED) is 0.509. The summed E-state index contributed by atoms with van der Waals surface area (Å²) >= 11 is 0. The summed E-state index contributed by atoms with van der Waals surface area (Å²) in [5.74, 6) is -0.351. The Kier molecular flexibility index (Phi) is 5.49. The summed E-state index contributed by atoms with van der Waals surface area (Å²) in [4.78, 5) is 35.8. The van der Waals surface area contributed by atoms with Crippen molar-refractivity contribution in [3.05, 3.63) is 80.8 Å². The van der Waals surface area contributed by atoms with Crippen molar-refractivity contribution in [1.29, 1.82) is 0 Å². The van der Waals surface area contributed by atoms with Crippen LogP contribution in [-0.2, 0) is 11.8 Å². The predicted octanol–water partition coefficient (Wildman–Crippen LogP) is 2.80. The zero-order chi connectivity index (χ0) is 21.1. The number of anilines is 1. The molecule has 0 aliphatic heterocycles. The number of nitro groups is 1. The van der Waals surface area contributed by atoms with Gasteiger partial charge in [-0.3, -0.25) is 24.4 Å². The molecule has 1 heterocycles. The summed E-state index contributed by atoms with van der Waals surface area (Å²) in [5.41, 5.74) is 0.891. The maximum absolute atomic E-state index is 12.9. The van der Waals surface area contributed by atoms with E-state index in [9.17, 15) is 19.7 Å². The van der Waals surface area contributed by atoms with Gasteiger partial charge in [0.2, 0.25) is 0 Å². The summed E-state index contributed by atoms with van der Waals surface area (Å²) in [6, 6.07) is 14.6. The fourth-order valence-electron chi connectivity index (χ4n) is 2.87. The standard InChI is InChI=1S/C20H20N4O5/c1-13-18(20(26)23(22(13)3)15-8-5-4-6-9-15)21-19(25)14(2)29-17-11-7-10-16(12-17)24(27)28/h4-12,14H,1-3H3,(H,21,25). The smallest absolute Gasteiger partial charge is 0.295 e. The first-order valence-corrected chi connectivity index (χ1v) is 8.85. The lowest BCUT2D eigenvalue weighted by molar-refractivity contribution is -0.384. The fraction of sp³-hybridized carbons (Fsp3) is 0.200. The second kappa shape index (κ2) is 8.01. The molecule has 0 radical (unpaired) electrons. The van der Waals surface area contributed by atoms with E-state index in [1.165, 1.54) is 35.9 Å². The van der Waals surface area contributed by atoms with Gasteiger partial charge in [-0.05, 0) is 32.0 Å². The van der Waals surface area contributed by atoms with Crippen LogP contribution < -0.4 is 15.6 Å². The summed E-state index contributed by atoms with van der Waals surface area (Å²) in [6.07, 6.45) is -0.971. The highest BCUT2D eigenvalue weighted by Gasteiger charge is 2.22. The number of aromatic nitrogens is 2. The van der Waals surface area contributed by atoms with Crippen LogP contribution in [0.25, 0.3) is 5.69 Å². The molecular weight excluding hydrogens is 376 g/mol. The van der Waals surface area contributed by atoms with Crippen molar-refractivity contribution < 1.29 is 14.5 Å². The first-order chi connectivity index (χ1) is 13.8. The van der Waals surface area contributed by atoms with Crippen LogP contribution in [0.15, 0.2) is 59.4 Å². The molecule has 150 valence electrons. The Morgan fingerprint density at radius 1 is 1.17 bits per heavy atom. The van der Waals surface area contributed by atoms with Gasteiger partial charge in [0.1, 0.15) is 11.4 Å². The predicted molar refractivity (Wildman–Crippen MR) is 108 cm³/mol. The Morgan fingerprint density at radius 2 is 1.86 bits per heavy atom. The molecule has 3 aromatic rings. The number of nitrogens with zero attached hydrogens (tertiary/aromatic N) is 3. The summed E-state index contributed by atoms with van der Waals surface area (Å²) in [6.45, 7) is 3.23. The first kappa shape index (κ1) is 19.9. The number of carbonyl (C=O) groups excluding carboxylic acids is 1. The molecule has 9 nitrogen and oxygen atoms in total. The van der Waals surface area contributed by atoms with Gasteiger partial charge in [0.15, 0.2) is 6.10 Å². The molecule has 1 atom stereocenters. The average Bonchev–Trinajstić information content (AvgIpc) is 2.92. The van der Waals surface area contributed by atoms with Crippen LogP contribution in [0.3, 0.4) is 0 Å². The van der Waals surface area contributed by atoms with Crippen molar-refractivity contribution in [2.75, 3.05) is 5.32 Å². The van der Waals surface area contributed by atoms with Crippen LogP contribution in [0.1, 0.15) is 12.6 Å². The molecule has 0 fully saturated rings. The maximum atomic E-state index is 12.9. The van der Waals surface area contributed by atoms with Gasteiger partial charge in [-0.15, -0.1) is 0 Å². The van der Waals surface area contributed by atoms with E-state index in [0.29, 0.717) is 11.4 Å². The number of non-ortho nitro benzene ring substituents is 1. The topological polar surface area (TPSA) is 108 Å². The minimum atomic E-state index is -0.971. The molecule has 1 N–H and O–H groups in total. The molecule has 1 amide bonds. The minimum absolute atomic E-state index is 0.139. The molecule has 1 aromatic heterocycles. The van der Waals surface area contributed by atoms with Gasteiger partial charge in [-0.2, -0.15) is 0 Å². The van der Waals surface area contributed by atoms with Gasteiger partial charge in [0.25, 0.3) is 17.2 Å². The van der Waals surface area contributed by atoms with Crippen LogP contribution in [0, 0.1) is 17.0 Å². The van der Waals surface area contributed by atoms with Crippen LogP contribution in [-0.4, -0.2) is 26.3 Å². The normalized spacial score (nSPS) is 11.7. The van der Waals surface area contributed by atoms with Crippen molar-refractivity contribution in [3.63, 3.8) is 0 Å². The lowest BCUT2D eigenvalue weighted by Gasteiger charge is -2.14. The Labute approximate surface area is 166 Å². The van der Waals surface area contributed by atoms with Gasteiger partial charge in [-0.1, -0.05) is 24.3 Å². The Hall–Kier alpha value is -3.88. The van der Waals surface area contributed by atoms with Crippen molar-refractivity contribution in [1.82, 2.24) is 9.36 Å². The molecule has 0 saturated heterocycles. The van der Waals surface area contributed by atoms with Crippen molar-refractivity contribution in [2.45, 2.75) is 20.0 Å². The van der Waals surface area contributed by atoms with E-state index >= 15 is 0 Å². The van der Waals surface area contributed by atoms with Gasteiger partial charge < -0.3 is 10.1 Å². The summed E-state index contributed by atoms with van der Waals surface area (Å²) in [7, 11) is 1.72. The molecule has 1 unspecified atom stereocenters. The van der Waals surface area contributed by atoms with E-state index in [2.05, 4.69) is 5.32 Å². The van der Waals surface area contributed by atoms with Crippen LogP contribution in [0.2, 0.25) is 0 Å². The number of nitro benzene ring substituents is 1. The van der Waals surface area contributed by atoms with E-state index < -0.39 is 16.9 Å². The third-order valence-corrected chi connectivity index (χ3v) is 4.51. The van der Waals surface area contributed by atoms with Gasteiger partial charge in [-0.25, -0.2) is 4.68 Å². The molecule has 9 heteroatoms. The van der Waals surface area contributed by atoms with Crippen LogP contribution in [0.4, 0.5) is 11.4 Å². The van der Waals surface area contributed by atoms with E-state index in [1.807, 2.05) is 18.2 Å². The monoisotopic (exact) mass is 396 g/mol. The highest BCUT2D eigenvalue weighted by atomic mass is 16.6. The minimum Gasteiger partial charge on any atom is -0.481 e. The van der Waals surface area contributed by atoms with Gasteiger partial charge in [0, 0.05) is 13.1 Å². The van der Waals surface area contributed by atoms with E-state index in [1.54, 1.807) is 30.8 Å². The third-order valence-electron chi connectivity index (χ3n) is 4.51. The molecule has 29 heavy (non-hydrogen) atoms. The van der Waals surface area contributed by atoms with E-state index in [4.69, 9.17) is 4.74 Å².